The first-order chi connectivity index (χ1) is 21.0. The van der Waals surface area contributed by atoms with Crippen LogP contribution < -0.4 is 11.1 Å². The lowest BCUT2D eigenvalue weighted by Gasteiger charge is -2.33. The minimum absolute atomic E-state index is 0.207. The fourth-order valence-corrected chi connectivity index (χ4v) is 4.32. The van der Waals surface area contributed by atoms with Crippen molar-refractivity contribution in [2.75, 3.05) is 78.5 Å². The van der Waals surface area contributed by atoms with Gasteiger partial charge >= 0.3 is 30.1 Å². The zero-order valence-electron chi connectivity index (χ0n) is 24.9. The van der Waals surface area contributed by atoms with E-state index in [-0.39, 0.29) is 38.1 Å². The molecule has 1 aromatic rings. The summed E-state index contributed by atoms with van der Waals surface area (Å²) in [5.74, 6) is -6.07. The molecule has 1 heterocycles. The maximum atomic E-state index is 12.8. The maximum Gasteiger partial charge on any atom is 0.490 e. The van der Waals surface area contributed by atoms with Gasteiger partial charge in [0.2, 0.25) is 5.91 Å². The molecule has 0 spiro atoms. The van der Waals surface area contributed by atoms with Gasteiger partial charge in [0.1, 0.15) is 0 Å². The van der Waals surface area contributed by atoms with Gasteiger partial charge in [0.05, 0.1) is 31.7 Å². The van der Waals surface area contributed by atoms with Crippen molar-refractivity contribution in [3.63, 3.8) is 0 Å². The number of nitrogens with two attached hydrogens (primary N) is 1. The van der Waals surface area contributed by atoms with E-state index < -0.39 is 36.1 Å². The number of amides is 1. The lowest BCUT2D eigenvalue weighted by atomic mass is 10.1. The second-order valence-corrected chi connectivity index (χ2v) is 10.4. The molecule has 45 heavy (non-hydrogen) atoms. The molecule has 1 amide bonds. The molecule has 1 aromatic carbocycles. The van der Waals surface area contributed by atoms with Crippen LogP contribution in [-0.2, 0) is 24.0 Å². The van der Waals surface area contributed by atoms with Crippen LogP contribution in [0.4, 0.5) is 13.2 Å². The average molecular weight is 651 g/mol. The van der Waals surface area contributed by atoms with E-state index in [1.807, 2.05) is 42.2 Å². The molecular formula is C27H41F3N6O9. The molecular weight excluding hydrogens is 609 g/mol. The fourth-order valence-electron chi connectivity index (χ4n) is 4.32. The molecule has 18 heteroatoms. The summed E-state index contributed by atoms with van der Waals surface area (Å²) in [7, 11) is 0. The monoisotopic (exact) mass is 650 g/mol. The van der Waals surface area contributed by atoms with Gasteiger partial charge in [-0.3, -0.25) is 38.8 Å². The Bertz CT molecular complexity index is 1080. The Balaban J connectivity index is 0.00000129. The van der Waals surface area contributed by atoms with Crippen LogP contribution in [-0.4, -0.2) is 161 Å². The van der Waals surface area contributed by atoms with Crippen molar-refractivity contribution in [3.8, 4) is 0 Å². The minimum Gasteiger partial charge on any atom is -0.480 e. The van der Waals surface area contributed by atoms with Gasteiger partial charge in [0.25, 0.3) is 0 Å². The number of carbonyl (C=O) groups is 5. The standard InChI is InChI=1S/C25H40N6O7.C2HF3O2/c1-19(20-5-3-2-4-6-20)27-25(38)21(26)15-28-7-9-29(16-22(32)33)11-13-31(18-24(36)37)14-12-30(10-8-28)17-23(34)35;3-2(4,5)1(6)7/h2-6,19,21H,7-18,26H2,1H3,(H,27,38)(H,32,33)(H,34,35)(H,36,37);(H,6,7)/t19-,21?;/m0./s1. The number of carboxylic acids is 4. The Morgan fingerprint density at radius 3 is 1.38 bits per heavy atom. The molecule has 0 aromatic heterocycles. The highest BCUT2D eigenvalue weighted by Crippen LogP contribution is 2.13. The second-order valence-electron chi connectivity index (χ2n) is 10.4. The Kier molecular flexibility index (Phi) is 17.0. The molecule has 254 valence electrons. The zero-order chi connectivity index (χ0) is 34.2. The van der Waals surface area contributed by atoms with Crippen molar-refractivity contribution in [1.82, 2.24) is 24.9 Å². The normalized spacial score (nSPS) is 17.8. The van der Waals surface area contributed by atoms with Crippen molar-refractivity contribution in [3.05, 3.63) is 35.9 Å². The Morgan fingerprint density at radius 1 is 0.733 bits per heavy atom. The SMILES string of the molecule is C[C@H](NC(=O)C(N)CN1CCN(CC(=O)O)CCN(CC(=O)O)CCN(CC(=O)O)CC1)c1ccccc1.O=C(O)C(F)(F)F. The van der Waals surface area contributed by atoms with Crippen molar-refractivity contribution in [1.29, 1.82) is 0 Å². The summed E-state index contributed by atoms with van der Waals surface area (Å²) in [5, 5.41) is 38.0. The summed E-state index contributed by atoms with van der Waals surface area (Å²) in [6, 6.07) is 8.43. The molecule has 2 rings (SSSR count). The van der Waals surface area contributed by atoms with Crippen LogP contribution in [0.2, 0.25) is 0 Å². The molecule has 15 nitrogen and oxygen atoms in total. The number of benzene rings is 1. The topological polar surface area (TPSA) is 217 Å². The van der Waals surface area contributed by atoms with Crippen LogP contribution in [0.25, 0.3) is 0 Å². The summed E-state index contributed by atoms with van der Waals surface area (Å²) in [4.78, 5) is 62.9. The number of nitrogens with zero attached hydrogens (tertiary/aromatic N) is 4. The third-order valence-electron chi connectivity index (χ3n) is 6.70. The molecule has 1 saturated heterocycles. The Morgan fingerprint density at radius 2 is 1.07 bits per heavy atom. The van der Waals surface area contributed by atoms with Gasteiger partial charge in [-0.05, 0) is 12.5 Å². The summed E-state index contributed by atoms with van der Waals surface area (Å²) in [6.07, 6.45) is -5.08. The third kappa shape index (κ3) is 17.3. The largest absolute Gasteiger partial charge is 0.490 e. The number of carboxylic acid groups (broad SMARTS) is 4. The van der Waals surface area contributed by atoms with E-state index in [1.165, 1.54) is 0 Å². The summed E-state index contributed by atoms with van der Waals surface area (Å²) < 4.78 is 31.7. The first kappa shape index (κ1) is 39.2. The van der Waals surface area contributed by atoms with E-state index in [2.05, 4.69) is 5.32 Å². The number of rotatable bonds is 11. The second kappa shape index (κ2) is 19.5. The van der Waals surface area contributed by atoms with Gasteiger partial charge in [-0.1, -0.05) is 30.3 Å². The summed E-state index contributed by atoms with van der Waals surface area (Å²) >= 11 is 0. The number of hydrogen-bond donors (Lipinski definition) is 6. The van der Waals surface area contributed by atoms with Crippen LogP contribution in [0.5, 0.6) is 0 Å². The molecule has 7 N–H and O–H groups in total. The third-order valence-corrected chi connectivity index (χ3v) is 6.70. The molecule has 2 atom stereocenters. The van der Waals surface area contributed by atoms with E-state index in [0.717, 1.165) is 5.56 Å². The molecule has 1 fully saturated rings. The first-order valence-electron chi connectivity index (χ1n) is 13.9. The Labute approximate surface area is 258 Å². The van der Waals surface area contributed by atoms with E-state index in [0.29, 0.717) is 52.4 Å². The molecule has 1 aliphatic heterocycles. The fraction of sp³-hybridized carbons (Fsp3) is 0.593. The van der Waals surface area contributed by atoms with Gasteiger partial charge in [-0.15, -0.1) is 0 Å². The zero-order valence-corrected chi connectivity index (χ0v) is 24.9. The molecule has 0 bridgehead atoms. The van der Waals surface area contributed by atoms with Crippen LogP contribution in [0, 0.1) is 0 Å². The molecule has 0 saturated carbocycles. The van der Waals surface area contributed by atoms with Crippen LogP contribution in [0.1, 0.15) is 18.5 Å². The molecule has 1 unspecified atom stereocenters. The van der Waals surface area contributed by atoms with Crippen molar-refractivity contribution >= 4 is 29.8 Å². The van der Waals surface area contributed by atoms with Gasteiger partial charge in [0.15, 0.2) is 0 Å². The van der Waals surface area contributed by atoms with Gasteiger partial charge < -0.3 is 31.5 Å². The van der Waals surface area contributed by atoms with Crippen molar-refractivity contribution < 1.29 is 57.6 Å². The van der Waals surface area contributed by atoms with E-state index >= 15 is 0 Å². The van der Waals surface area contributed by atoms with Crippen molar-refractivity contribution in [2.45, 2.75) is 25.2 Å². The van der Waals surface area contributed by atoms with E-state index in [1.54, 1.807) is 14.7 Å². The number of carbonyl (C=O) groups excluding carboxylic acids is 1. The smallest absolute Gasteiger partial charge is 0.480 e. The van der Waals surface area contributed by atoms with Gasteiger partial charge in [0, 0.05) is 58.9 Å². The highest BCUT2D eigenvalue weighted by molar-refractivity contribution is 5.82. The number of alkyl halides is 3. The van der Waals surface area contributed by atoms with Gasteiger partial charge in [-0.25, -0.2) is 4.79 Å². The molecule has 0 aliphatic carbocycles. The number of nitrogens with one attached hydrogen (secondary N) is 1. The van der Waals surface area contributed by atoms with E-state index in [4.69, 9.17) is 15.6 Å². The predicted molar refractivity (Wildman–Crippen MR) is 153 cm³/mol. The highest BCUT2D eigenvalue weighted by Gasteiger charge is 2.38. The number of aliphatic carboxylic acids is 4. The van der Waals surface area contributed by atoms with Crippen LogP contribution in [0.15, 0.2) is 30.3 Å². The maximum absolute atomic E-state index is 12.8. The summed E-state index contributed by atoms with van der Waals surface area (Å²) in [5.41, 5.74) is 7.20. The van der Waals surface area contributed by atoms with Gasteiger partial charge in [-0.2, -0.15) is 13.2 Å². The predicted octanol–water partition coefficient (Wildman–Crippen LogP) is -0.700. The minimum atomic E-state index is -5.08. The van der Waals surface area contributed by atoms with E-state index in [9.17, 15) is 47.7 Å². The lowest BCUT2D eigenvalue weighted by Crippen LogP contribution is -2.52. The van der Waals surface area contributed by atoms with Crippen molar-refractivity contribution in [2.24, 2.45) is 5.73 Å². The van der Waals surface area contributed by atoms with Crippen LogP contribution >= 0.6 is 0 Å². The molecule has 0 radical (unpaired) electrons. The number of hydrogen-bond acceptors (Lipinski definition) is 10. The van der Waals surface area contributed by atoms with Crippen LogP contribution in [0.3, 0.4) is 0 Å². The average Bonchev–Trinajstić information content (AvgIpc) is 2.93. The summed E-state index contributed by atoms with van der Waals surface area (Å²) in [6.45, 7) is 4.27. The molecule has 1 aliphatic rings. The first-order valence-corrected chi connectivity index (χ1v) is 13.9. The lowest BCUT2D eigenvalue weighted by molar-refractivity contribution is -0.192. The number of halogens is 3. The highest BCUT2D eigenvalue weighted by atomic mass is 19.4. The Hall–Kier alpha value is -3.84. The quantitative estimate of drug-likeness (QED) is 0.175.